The topological polar surface area (TPSA) is 64.5 Å². The summed E-state index contributed by atoms with van der Waals surface area (Å²) in [5.74, 6) is 0.542. The van der Waals surface area contributed by atoms with Gasteiger partial charge in [-0.1, -0.05) is 6.08 Å². The van der Waals surface area contributed by atoms with Crippen LogP contribution in [0, 0.1) is 0 Å². The monoisotopic (exact) mass is 123 g/mol. The summed E-state index contributed by atoms with van der Waals surface area (Å²) in [5, 5.41) is 16.9. The fourth-order valence-corrected chi connectivity index (χ4v) is 0.392. The van der Waals surface area contributed by atoms with Crippen LogP contribution < -0.4 is 0 Å². The normalized spacial score (nSPS) is 8.89. The molecule has 0 aliphatic rings. The van der Waals surface area contributed by atoms with E-state index >= 15 is 0 Å². The van der Waals surface area contributed by atoms with E-state index in [1.807, 2.05) is 0 Å². The molecule has 5 nitrogen and oxygen atoms in total. The molecule has 0 saturated heterocycles. The molecule has 0 radical (unpaired) electrons. The van der Waals surface area contributed by atoms with Crippen molar-refractivity contribution < 1.29 is 0 Å². The van der Waals surface area contributed by atoms with Gasteiger partial charge in [0.2, 0.25) is 0 Å². The van der Waals surface area contributed by atoms with E-state index in [4.69, 9.17) is 0 Å². The van der Waals surface area contributed by atoms with Gasteiger partial charge in [0.05, 0.1) is 0 Å². The van der Waals surface area contributed by atoms with E-state index in [2.05, 4.69) is 32.4 Å². The molecule has 0 atom stereocenters. The molecule has 1 aromatic rings. The van der Waals surface area contributed by atoms with E-state index in [1.54, 1.807) is 6.08 Å². The highest BCUT2D eigenvalue weighted by Gasteiger charge is 1.89. The summed E-state index contributed by atoms with van der Waals surface area (Å²) in [5.41, 5.74) is 0. The van der Waals surface area contributed by atoms with Crippen molar-refractivity contribution in [3.05, 3.63) is 18.5 Å². The van der Waals surface area contributed by atoms with Crippen LogP contribution in [0.25, 0.3) is 0 Å². The van der Waals surface area contributed by atoms with Gasteiger partial charge in [0.25, 0.3) is 0 Å². The number of aromatic nitrogens is 5. The molecule has 0 saturated carbocycles. The molecule has 1 rings (SSSR count). The van der Waals surface area contributed by atoms with E-state index < -0.39 is 0 Å². The second-order valence-corrected chi connectivity index (χ2v) is 1.38. The van der Waals surface area contributed by atoms with E-state index in [9.17, 15) is 0 Å². The van der Waals surface area contributed by atoms with E-state index in [0.29, 0.717) is 12.2 Å². The molecule has 0 amide bonds. The van der Waals surface area contributed by atoms with Crippen molar-refractivity contribution in [3.8, 4) is 0 Å². The Morgan fingerprint density at radius 2 is 1.89 bits per heavy atom. The molecule has 0 aliphatic heterocycles. The highest BCUT2D eigenvalue weighted by molar-refractivity contribution is 4.85. The van der Waals surface area contributed by atoms with Gasteiger partial charge in [-0.2, -0.15) is 0 Å². The van der Waals surface area contributed by atoms with Crippen molar-refractivity contribution in [2.45, 2.75) is 6.42 Å². The van der Waals surface area contributed by atoms with Gasteiger partial charge in [0.1, 0.15) is 0 Å². The fraction of sp³-hybridized carbons (Fsp3) is 0.250. The maximum Gasteiger partial charge on any atom is 0.180 e. The highest BCUT2D eigenvalue weighted by Crippen LogP contribution is 1.82. The van der Waals surface area contributed by atoms with E-state index in [-0.39, 0.29) is 0 Å². The zero-order valence-corrected chi connectivity index (χ0v) is 4.73. The van der Waals surface area contributed by atoms with Gasteiger partial charge in [-0.05, 0) is 15.6 Å². The van der Waals surface area contributed by atoms with Crippen LogP contribution in [-0.4, -0.2) is 25.8 Å². The third-order valence-electron chi connectivity index (χ3n) is 0.727. The van der Waals surface area contributed by atoms with Crippen molar-refractivity contribution in [3.63, 3.8) is 0 Å². The smallest absolute Gasteiger partial charge is 0.111 e. The first-order valence-corrected chi connectivity index (χ1v) is 2.42. The molecular weight excluding hydrogens is 118 g/mol. The Labute approximate surface area is 51.8 Å². The predicted molar refractivity (Wildman–Crippen MR) is 29.3 cm³/mol. The van der Waals surface area contributed by atoms with Gasteiger partial charge in [-0.3, -0.25) is 0 Å². The number of hydrogen-bond acceptors (Lipinski definition) is 5. The Hall–Kier alpha value is -1.39. The zero-order chi connectivity index (χ0) is 6.53. The van der Waals surface area contributed by atoms with Crippen LogP contribution >= 0.6 is 0 Å². The second-order valence-electron chi connectivity index (χ2n) is 1.38. The summed E-state index contributed by atoms with van der Waals surface area (Å²) >= 11 is 0. The average Bonchev–Trinajstić information content (AvgIpc) is 1.91. The van der Waals surface area contributed by atoms with Gasteiger partial charge in [-0.15, -0.1) is 16.8 Å². The van der Waals surface area contributed by atoms with Crippen molar-refractivity contribution in [1.29, 1.82) is 0 Å². The number of nitrogens with zero attached hydrogens (tertiary/aromatic N) is 5. The first-order valence-electron chi connectivity index (χ1n) is 2.42. The Bertz CT molecular complexity index is 183. The molecular formula is C4H5N5. The summed E-state index contributed by atoms with van der Waals surface area (Å²) in [7, 11) is 0. The molecule has 0 aromatic carbocycles. The van der Waals surface area contributed by atoms with Crippen molar-refractivity contribution in [2.75, 3.05) is 0 Å². The van der Waals surface area contributed by atoms with Gasteiger partial charge >= 0.3 is 0 Å². The van der Waals surface area contributed by atoms with Gasteiger partial charge < -0.3 is 0 Å². The third-order valence-corrected chi connectivity index (χ3v) is 0.727. The molecule has 0 aliphatic carbocycles. The van der Waals surface area contributed by atoms with Crippen molar-refractivity contribution >= 4 is 0 Å². The molecule has 1 heterocycles. The minimum atomic E-state index is 0.542. The maximum absolute atomic E-state index is 3.56. The standard InChI is InChI=1S/C4H5N5/c1-2-3-4-5-7-9-8-6-4/h2H,1,3H2. The van der Waals surface area contributed by atoms with Crippen molar-refractivity contribution in [1.82, 2.24) is 25.8 Å². The zero-order valence-electron chi connectivity index (χ0n) is 4.73. The molecule has 0 unspecified atom stereocenters. The molecule has 0 bridgehead atoms. The molecule has 0 fully saturated rings. The van der Waals surface area contributed by atoms with Crippen LogP contribution in [0.2, 0.25) is 0 Å². The van der Waals surface area contributed by atoms with Gasteiger partial charge in [0.15, 0.2) is 5.82 Å². The Morgan fingerprint density at radius 3 is 2.44 bits per heavy atom. The summed E-state index contributed by atoms with van der Waals surface area (Å²) in [6.45, 7) is 3.50. The lowest BCUT2D eigenvalue weighted by Crippen LogP contribution is -2.00. The lowest BCUT2D eigenvalue weighted by Gasteiger charge is -1.84. The SMILES string of the molecule is C=CCc1nnnnn1. The van der Waals surface area contributed by atoms with Crippen LogP contribution in [0.1, 0.15) is 5.82 Å². The first-order chi connectivity index (χ1) is 4.43. The van der Waals surface area contributed by atoms with Gasteiger partial charge in [0, 0.05) is 6.42 Å². The van der Waals surface area contributed by atoms with Crippen LogP contribution in [-0.2, 0) is 6.42 Å². The van der Waals surface area contributed by atoms with Crippen molar-refractivity contribution in [2.24, 2.45) is 0 Å². The second kappa shape index (κ2) is 2.81. The highest BCUT2D eigenvalue weighted by atomic mass is 15.5. The van der Waals surface area contributed by atoms with E-state index in [0.717, 1.165) is 0 Å². The van der Waals surface area contributed by atoms with Crippen LogP contribution in [0.3, 0.4) is 0 Å². The lowest BCUT2D eigenvalue weighted by molar-refractivity contribution is 0.645. The summed E-state index contributed by atoms with van der Waals surface area (Å²) < 4.78 is 0. The number of rotatable bonds is 2. The maximum atomic E-state index is 3.56. The fourth-order valence-electron chi connectivity index (χ4n) is 0.392. The third kappa shape index (κ3) is 1.52. The lowest BCUT2D eigenvalue weighted by atomic mass is 10.4. The number of hydrogen-bond donors (Lipinski definition) is 0. The van der Waals surface area contributed by atoms with E-state index in [1.165, 1.54) is 0 Å². The Balaban J connectivity index is 2.72. The molecule has 0 spiro atoms. The summed E-state index contributed by atoms with van der Waals surface area (Å²) in [6.07, 6.45) is 2.27. The molecule has 5 heteroatoms. The predicted octanol–water partition coefficient (Wildman–Crippen LogP) is -0.610. The van der Waals surface area contributed by atoms with Crippen LogP contribution in [0.4, 0.5) is 0 Å². The molecule has 0 N–H and O–H groups in total. The summed E-state index contributed by atoms with van der Waals surface area (Å²) in [6, 6.07) is 0. The first kappa shape index (κ1) is 5.74. The largest absolute Gasteiger partial charge is 0.180 e. The molecule has 9 heavy (non-hydrogen) atoms. The number of allylic oxidation sites excluding steroid dienone is 1. The Morgan fingerprint density at radius 1 is 1.22 bits per heavy atom. The quantitative estimate of drug-likeness (QED) is 0.491. The Kier molecular flexibility index (Phi) is 1.79. The minimum Gasteiger partial charge on any atom is -0.111 e. The van der Waals surface area contributed by atoms with Crippen LogP contribution in [0.15, 0.2) is 12.7 Å². The average molecular weight is 123 g/mol. The summed E-state index contributed by atoms with van der Waals surface area (Å²) in [4.78, 5) is 0. The molecule has 46 valence electrons. The van der Waals surface area contributed by atoms with Gasteiger partial charge in [-0.25, -0.2) is 0 Å². The van der Waals surface area contributed by atoms with Crippen LogP contribution in [0.5, 0.6) is 0 Å². The minimum absolute atomic E-state index is 0.542. The molecule has 1 aromatic heterocycles.